The van der Waals surface area contributed by atoms with Crippen LogP contribution >= 0.6 is 23.2 Å². The van der Waals surface area contributed by atoms with Crippen LogP contribution in [-0.2, 0) is 11.2 Å². The third-order valence-corrected chi connectivity index (χ3v) is 5.78. The van der Waals surface area contributed by atoms with Crippen molar-refractivity contribution in [1.29, 1.82) is 0 Å². The molecular weight excluding hydrogens is 416 g/mol. The molecule has 2 atom stereocenters. The monoisotopic (exact) mass is 435 g/mol. The molecule has 0 radical (unpaired) electrons. The Kier molecular flexibility index (Phi) is 5.74. The number of halogens is 3. The number of carbonyl (C=O) groups is 2. The Labute approximate surface area is 178 Å². The molecule has 2 saturated carbocycles. The first-order chi connectivity index (χ1) is 13.9. The lowest BCUT2D eigenvalue weighted by molar-refractivity contribution is -0.117. The number of hydrogen-bond donors (Lipinski definition) is 2. The van der Waals surface area contributed by atoms with E-state index < -0.39 is 23.9 Å². The van der Waals surface area contributed by atoms with Crippen molar-refractivity contribution >= 4 is 46.5 Å². The van der Waals surface area contributed by atoms with Gasteiger partial charge in [-0.1, -0.05) is 36.0 Å². The molecule has 29 heavy (non-hydrogen) atoms. The molecule has 1 heterocycles. The van der Waals surface area contributed by atoms with Gasteiger partial charge in [0.1, 0.15) is 12.0 Å². The molecule has 2 aliphatic rings. The van der Waals surface area contributed by atoms with E-state index in [1.54, 1.807) is 18.2 Å². The predicted octanol–water partition coefficient (Wildman–Crippen LogP) is 5.28. The minimum Gasteiger partial charge on any atom is -0.322 e. The Balaban J connectivity index is 1.43. The van der Waals surface area contributed by atoms with Gasteiger partial charge in [-0.3, -0.25) is 9.59 Å². The second kappa shape index (κ2) is 8.28. The zero-order valence-corrected chi connectivity index (χ0v) is 17.1. The van der Waals surface area contributed by atoms with E-state index in [9.17, 15) is 14.0 Å². The van der Waals surface area contributed by atoms with Crippen molar-refractivity contribution in [3.05, 3.63) is 51.6 Å². The molecule has 4 rings (SSSR count). The molecule has 0 unspecified atom stereocenters. The number of alkyl halides is 1. The maximum absolute atomic E-state index is 13.0. The van der Waals surface area contributed by atoms with Gasteiger partial charge >= 0.3 is 0 Å². The first-order valence-corrected chi connectivity index (χ1v) is 10.4. The van der Waals surface area contributed by atoms with Crippen molar-refractivity contribution in [3.63, 3.8) is 0 Å². The molecule has 1 aromatic carbocycles. The molecule has 0 saturated heterocycles. The molecule has 2 N–H and O–H groups in total. The van der Waals surface area contributed by atoms with Gasteiger partial charge in [0.25, 0.3) is 5.91 Å². The standard InChI is InChI=1S/C21H20Cl2FN3O2/c22-15-7-12(4-3-11-1-2-11)8-16(23)19(15)21(29)26-13-5-6-25-18(9-13)27-20(28)14-10-17(14)24/h5-9,11,14,17H,1-4,10H2,(H2,25,26,27,28,29)/t14-,17+/m1/s1. The van der Waals surface area contributed by atoms with Crippen molar-refractivity contribution in [2.45, 2.75) is 38.3 Å². The number of hydrogen-bond acceptors (Lipinski definition) is 3. The van der Waals surface area contributed by atoms with Crippen molar-refractivity contribution in [2.24, 2.45) is 11.8 Å². The SMILES string of the molecule is O=C(Nc1ccnc(NC(=O)[C@@H]2C[C@@H]2F)c1)c1c(Cl)cc(CCC2CC2)cc1Cl. The summed E-state index contributed by atoms with van der Waals surface area (Å²) in [5.74, 6) is -0.456. The fourth-order valence-corrected chi connectivity index (χ4v) is 3.89. The summed E-state index contributed by atoms with van der Waals surface area (Å²) in [6, 6.07) is 6.64. The molecule has 2 fully saturated rings. The van der Waals surface area contributed by atoms with Crippen LogP contribution < -0.4 is 10.6 Å². The number of nitrogens with one attached hydrogen (secondary N) is 2. The number of amides is 2. The van der Waals surface area contributed by atoms with Gasteiger partial charge in [-0.15, -0.1) is 0 Å². The molecule has 0 aliphatic heterocycles. The number of anilines is 2. The van der Waals surface area contributed by atoms with Gasteiger partial charge in [0.05, 0.1) is 21.5 Å². The van der Waals surface area contributed by atoms with Crippen LogP contribution in [0.1, 0.15) is 41.6 Å². The summed E-state index contributed by atoms with van der Waals surface area (Å²) >= 11 is 12.7. The highest BCUT2D eigenvalue weighted by atomic mass is 35.5. The zero-order valence-electron chi connectivity index (χ0n) is 15.6. The van der Waals surface area contributed by atoms with Gasteiger partial charge in [0, 0.05) is 18.0 Å². The Morgan fingerprint density at radius 1 is 1.14 bits per heavy atom. The molecule has 5 nitrogen and oxygen atoms in total. The number of carbonyl (C=O) groups excluding carboxylic acids is 2. The summed E-state index contributed by atoms with van der Waals surface area (Å²) in [6.07, 6.45) is 5.14. The van der Waals surface area contributed by atoms with Crippen LogP contribution in [0, 0.1) is 11.8 Å². The third kappa shape index (κ3) is 5.06. The van der Waals surface area contributed by atoms with E-state index in [4.69, 9.17) is 23.2 Å². The number of pyridine rings is 1. The second-order valence-corrected chi connectivity index (χ2v) is 8.46. The normalized spacial score (nSPS) is 20.2. The van der Waals surface area contributed by atoms with Crippen molar-refractivity contribution < 1.29 is 14.0 Å². The lowest BCUT2D eigenvalue weighted by Crippen LogP contribution is -2.17. The summed E-state index contributed by atoms with van der Waals surface area (Å²) in [7, 11) is 0. The summed E-state index contributed by atoms with van der Waals surface area (Å²) in [5.41, 5.74) is 1.63. The number of rotatable bonds is 7. The van der Waals surface area contributed by atoms with E-state index in [2.05, 4.69) is 15.6 Å². The molecule has 2 amide bonds. The third-order valence-electron chi connectivity index (χ3n) is 5.19. The summed E-state index contributed by atoms with van der Waals surface area (Å²) in [5, 5.41) is 5.86. The fourth-order valence-electron chi connectivity index (χ4n) is 3.19. The summed E-state index contributed by atoms with van der Waals surface area (Å²) < 4.78 is 13.0. The molecule has 0 spiro atoms. The smallest absolute Gasteiger partial charge is 0.258 e. The van der Waals surface area contributed by atoms with Crippen molar-refractivity contribution in [1.82, 2.24) is 4.98 Å². The predicted molar refractivity (Wildman–Crippen MR) is 111 cm³/mol. The van der Waals surface area contributed by atoms with E-state index in [-0.39, 0.29) is 17.8 Å². The molecule has 2 aliphatic carbocycles. The van der Waals surface area contributed by atoms with Crippen LogP contribution in [0.4, 0.5) is 15.9 Å². The quantitative estimate of drug-likeness (QED) is 0.621. The molecular formula is C21H20Cl2FN3O2. The minimum atomic E-state index is -1.09. The Bertz CT molecular complexity index is 942. The highest BCUT2D eigenvalue weighted by molar-refractivity contribution is 6.40. The van der Waals surface area contributed by atoms with Crippen LogP contribution in [0.15, 0.2) is 30.5 Å². The van der Waals surface area contributed by atoms with E-state index in [1.165, 1.54) is 25.1 Å². The Morgan fingerprint density at radius 2 is 1.83 bits per heavy atom. The average Bonchev–Trinajstić information content (AvgIpc) is 3.56. The number of nitrogens with zero attached hydrogens (tertiary/aromatic N) is 1. The molecule has 0 bridgehead atoms. The Morgan fingerprint density at radius 3 is 2.45 bits per heavy atom. The summed E-state index contributed by atoms with van der Waals surface area (Å²) in [4.78, 5) is 28.6. The van der Waals surface area contributed by atoms with Gasteiger partial charge < -0.3 is 10.6 Å². The molecule has 8 heteroatoms. The van der Waals surface area contributed by atoms with E-state index >= 15 is 0 Å². The second-order valence-electron chi connectivity index (χ2n) is 7.65. The van der Waals surface area contributed by atoms with Crippen LogP contribution in [0.3, 0.4) is 0 Å². The van der Waals surface area contributed by atoms with Gasteiger partial charge in [-0.05, 0) is 48.9 Å². The topological polar surface area (TPSA) is 71.1 Å². The largest absolute Gasteiger partial charge is 0.322 e. The van der Waals surface area contributed by atoms with Crippen molar-refractivity contribution in [2.75, 3.05) is 10.6 Å². The zero-order chi connectivity index (χ0) is 20.5. The van der Waals surface area contributed by atoms with Gasteiger partial charge in [0.15, 0.2) is 0 Å². The van der Waals surface area contributed by atoms with E-state index in [0.717, 1.165) is 24.3 Å². The highest BCUT2D eigenvalue weighted by Crippen LogP contribution is 2.36. The average molecular weight is 436 g/mol. The lowest BCUT2D eigenvalue weighted by atomic mass is 10.0. The first kappa shape index (κ1) is 20.1. The first-order valence-electron chi connectivity index (χ1n) is 9.61. The number of aromatic nitrogens is 1. The number of benzene rings is 1. The summed E-state index contributed by atoms with van der Waals surface area (Å²) in [6.45, 7) is 0. The van der Waals surface area contributed by atoms with E-state index in [0.29, 0.717) is 15.7 Å². The van der Waals surface area contributed by atoms with Crippen LogP contribution in [-0.4, -0.2) is 23.0 Å². The molecule has 152 valence electrons. The van der Waals surface area contributed by atoms with Crippen LogP contribution in [0.25, 0.3) is 0 Å². The van der Waals surface area contributed by atoms with E-state index in [1.807, 2.05) is 0 Å². The molecule has 1 aromatic heterocycles. The Hall–Kier alpha value is -2.18. The lowest BCUT2D eigenvalue weighted by Gasteiger charge is -2.12. The van der Waals surface area contributed by atoms with Gasteiger partial charge in [-0.2, -0.15) is 0 Å². The number of aryl methyl sites for hydroxylation is 1. The van der Waals surface area contributed by atoms with Crippen molar-refractivity contribution in [3.8, 4) is 0 Å². The molecule has 2 aromatic rings. The fraction of sp³-hybridized carbons (Fsp3) is 0.381. The van der Waals surface area contributed by atoms with Crippen LogP contribution in [0.5, 0.6) is 0 Å². The van der Waals surface area contributed by atoms with Gasteiger partial charge in [-0.25, -0.2) is 9.37 Å². The highest BCUT2D eigenvalue weighted by Gasteiger charge is 2.43. The van der Waals surface area contributed by atoms with Crippen LogP contribution in [0.2, 0.25) is 10.0 Å². The maximum atomic E-state index is 13.0. The minimum absolute atomic E-state index is 0.198. The van der Waals surface area contributed by atoms with Gasteiger partial charge in [0.2, 0.25) is 5.91 Å². The maximum Gasteiger partial charge on any atom is 0.258 e.